The average Bonchev–Trinajstić information content (AvgIpc) is 2.52. The van der Waals surface area contributed by atoms with Crippen molar-refractivity contribution in [3.05, 3.63) is 0 Å². The van der Waals surface area contributed by atoms with E-state index in [1.165, 1.54) is 13.8 Å². The maximum atomic E-state index is 12.5. The lowest BCUT2D eigenvalue weighted by Gasteiger charge is -2.60. The van der Waals surface area contributed by atoms with Gasteiger partial charge in [0.2, 0.25) is 0 Å². The van der Waals surface area contributed by atoms with E-state index in [0.717, 1.165) is 0 Å². The second-order valence-corrected chi connectivity index (χ2v) is 7.42. The molecule has 1 saturated heterocycles. The third-order valence-corrected chi connectivity index (χ3v) is 6.68. The van der Waals surface area contributed by atoms with Gasteiger partial charge in [-0.25, -0.2) is 0 Å². The van der Waals surface area contributed by atoms with Crippen LogP contribution in [-0.2, 0) is 14.3 Å². The molecule has 21 heavy (non-hydrogen) atoms. The van der Waals surface area contributed by atoms with Gasteiger partial charge in [0.15, 0.2) is 5.78 Å². The molecule has 2 bridgehead atoms. The SMILES string of the molecule is C[C@@H]1C[C@H](O)[C@@]2(O)[C@]13CC(=O)OC[C@]2(C)[C@@](C)(O)C(=O)C3. The second kappa shape index (κ2) is 3.86. The highest BCUT2D eigenvalue weighted by Crippen LogP contribution is 2.68. The van der Waals surface area contributed by atoms with Crippen molar-refractivity contribution in [1.82, 2.24) is 0 Å². The number of esters is 1. The van der Waals surface area contributed by atoms with Gasteiger partial charge in [0, 0.05) is 11.8 Å². The van der Waals surface area contributed by atoms with Gasteiger partial charge in [-0.2, -0.15) is 0 Å². The Balaban J connectivity index is 2.32. The minimum absolute atomic E-state index is 0.112. The zero-order valence-corrected chi connectivity index (χ0v) is 12.5. The van der Waals surface area contributed by atoms with Crippen LogP contribution < -0.4 is 0 Å². The summed E-state index contributed by atoms with van der Waals surface area (Å²) < 4.78 is 5.17. The lowest BCUT2D eigenvalue weighted by Crippen LogP contribution is -2.75. The number of aliphatic hydroxyl groups excluding tert-OH is 1. The van der Waals surface area contributed by atoms with Crippen LogP contribution in [0.4, 0.5) is 0 Å². The fourth-order valence-corrected chi connectivity index (χ4v) is 4.96. The van der Waals surface area contributed by atoms with Crippen LogP contribution in [0.5, 0.6) is 0 Å². The summed E-state index contributed by atoms with van der Waals surface area (Å²) in [5.41, 5.74) is -6.11. The highest BCUT2D eigenvalue weighted by Gasteiger charge is 2.80. The summed E-state index contributed by atoms with van der Waals surface area (Å²) in [6, 6.07) is 0. The molecule has 0 aromatic heterocycles. The van der Waals surface area contributed by atoms with Crippen molar-refractivity contribution in [1.29, 1.82) is 0 Å². The van der Waals surface area contributed by atoms with Gasteiger partial charge in [0.05, 0.1) is 17.9 Å². The smallest absolute Gasteiger partial charge is 0.306 e. The number of carbonyl (C=O) groups is 2. The van der Waals surface area contributed by atoms with Crippen LogP contribution in [0, 0.1) is 16.7 Å². The third kappa shape index (κ3) is 1.34. The number of hydrogen-bond acceptors (Lipinski definition) is 6. The summed E-state index contributed by atoms with van der Waals surface area (Å²) in [4.78, 5) is 24.5. The molecule has 0 aromatic carbocycles. The number of hydrogen-bond donors (Lipinski definition) is 3. The van der Waals surface area contributed by atoms with Gasteiger partial charge in [-0.3, -0.25) is 9.59 Å². The Morgan fingerprint density at radius 3 is 2.43 bits per heavy atom. The van der Waals surface area contributed by atoms with Gasteiger partial charge >= 0.3 is 5.97 Å². The van der Waals surface area contributed by atoms with Crippen molar-refractivity contribution in [3.8, 4) is 0 Å². The topological polar surface area (TPSA) is 104 Å². The predicted octanol–water partition coefficient (Wildman–Crippen LogP) is -0.218. The van der Waals surface area contributed by atoms with Crippen molar-refractivity contribution < 1.29 is 29.6 Å². The number of ether oxygens (including phenoxy) is 1. The Morgan fingerprint density at radius 2 is 1.81 bits per heavy atom. The van der Waals surface area contributed by atoms with E-state index in [0.29, 0.717) is 6.42 Å². The van der Waals surface area contributed by atoms with Gasteiger partial charge in [0.25, 0.3) is 0 Å². The first kappa shape index (κ1) is 14.9. The van der Waals surface area contributed by atoms with Crippen LogP contribution >= 0.6 is 0 Å². The van der Waals surface area contributed by atoms with E-state index in [2.05, 4.69) is 0 Å². The summed E-state index contributed by atoms with van der Waals surface area (Å²) in [6.45, 7) is 4.41. The Labute approximate surface area is 123 Å². The number of rotatable bonds is 0. The molecule has 118 valence electrons. The summed E-state index contributed by atoms with van der Waals surface area (Å²) >= 11 is 0. The van der Waals surface area contributed by atoms with Crippen molar-refractivity contribution >= 4 is 11.8 Å². The lowest BCUT2D eigenvalue weighted by atomic mass is 9.46. The average molecular weight is 298 g/mol. The standard InChI is InChI=1S/C15H22O6/c1-8-4-9(16)15(20)12(2)7-21-11(18)6-14(8,15)5-10(17)13(12,3)19/h8-9,16,19-20H,4-7H2,1-3H3/t8-,9+,12-,13+,14-,15+/m1/s1. The molecule has 0 aromatic rings. The van der Waals surface area contributed by atoms with E-state index in [1.807, 2.05) is 6.92 Å². The van der Waals surface area contributed by atoms with Crippen molar-refractivity contribution in [3.63, 3.8) is 0 Å². The lowest BCUT2D eigenvalue weighted by molar-refractivity contribution is -0.272. The van der Waals surface area contributed by atoms with Gasteiger partial charge in [-0.15, -0.1) is 0 Å². The molecule has 3 fully saturated rings. The summed E-state index contributed by atoms with van der Waals surface area (Å²) in [5, 5.41) is 32.7. The first-order valence-electron chi connectivity index (χ1n) is 7.35. The molecule has 3 N–H and O–H groups in total. The van der Waals surface area contributed by atoms with Gasteiger partial charge in [-0.1, -0.05) is 13.8 Å². The van der Waals surface area contributed by atoms with E-state index < -0.39 is 39.9 Å². The fourth-order valence-electron chi connectivity index (χ4n) is 4.96. The molecule has 0 amide bonds. The molecule has 3 aliphatic rings. The van der Waals surface area contributed by atoms with Crippen molar-refractivity contribution in [2.45, 2.75) is 57.3 Å². The van der Waals surface area contributed by atoms with Crippen molar-refractivity contribution in [2.24, 2.45) is 16.7 Å². The van der Waals surface area contributed by atoms with Crippen LogP contribution in [-0.4, -0.2) is 51.0 Å². The molecule has 0 unspecified atom stereocenters. The Kier molecular flexibility index (Phi) is 2.74. The molecule has 1 aliphatic heterocycles. The van der Waals surface area contributed by atoms with E-state index >= 15 is 0 Å². The molecule has 1 heterocycles. The number of aliphatic hydroxyl groups is 3. The first-order chi connectivity index (χ1) is 9.53. The third-order valence-electron chi connectivity index (χ3n) is 6.68. The predicted molar refractivity (Wildman–Crippen MR) is 71.1 cm³/mol. The second-order valence-electron chi connectivity index (χ2n) is 7.42. The molecule has 6 heteroatoms. The molecule has 2 saturated carbocycles. The van der Waals surface area contributed by atoms with Crippen LogP contribution in [0.2, 0.25) is 0 Å². The number of Topliss-reactive ketones (excluding diaryl/α,β-unsaturated/α-hetero) is 1. The van der Waals surface area contributed by atoms with Crippen LogP contribution in [0.15, 0.2) is 0 Å². The fraction of sp³-hybridized carbons (Fsp3) is 0.867. The molecule has 6 nitrogen and oxygen atoms in total. The zero-order chi connectivity index (χ0) is 15.8. The van der Waals surface area contributed by atoms with E-state index in [9.17, 15) is 24.9 Å². The Hall–Kier alpha value is -0.980. The van der Waals surface area contributed by atoms with E-state index in [4.69, 9.17) is 4.74 Å². The molecule has 0 radical (unpaired) electrons. The molecule has 3 rings (SSSR count). The van der Waals surface area contributed by atoms with Crippen LogP contribution in [0.3, 0.4) is 0 Å². The van der Waals surface area contributed by atoms with Crippen LogP contribution in [0.1, 0.15) is 40.0 Å². The number of carbonyl (C=O) groups excluding carboxylic acids is 2. The highest BCUT2D eigenvalue weighted by atomic mass is 16.5. The maximum Gasteiger partial charge on any atom is 0.306 e. The maximum absolute atomic E-state index is 12.5. The molecule has 6 atom stereocenters. The molecular weight excluding hydrogens is 276 g/mol. The highest BCUT2D eigenvalue weighted by molar-refractivity contribution is 5.91. The minimum atomic E-state index is -1.86. The molecule has 0 spiro atoms. The van der Waals surface area contributed by atoms with Crippen molar-refractivity contribution in [2.75, 3.05) is 6.61 Å². The normalized spacial score (nSPS) is 56.7. The molecule has 2 aliphatic carbocycles. The Morgan fingerprint density at radius 1 is 1.19 bits per heavy atom. The van der Waals surface area contributed by atoms with E-state index in [1.54, 1.807) is 0 Å². The van der Waals surface area contributed by atoms with E-state index in [-0.39, 0.29) is 25.4 Å². The number of cyclic esters (lactones) is 1. The summed E-state index contributed by atoms with van der Waals surface area (Å²) in [6.07, 6.45) is -1.05. The Bertz CT molecular complexity index is 528. The number of ketones is 1. The zero-order valence-electron chi connectivity index (χ0n) is 12.5. The van der Waals surface area contributed by atoms with Crippen LogP contribution in [0.25, 0.3) is 0 Å². The van der Waals surface area contributed by atoms with Gasteiger partial charge in [0.1, 0.15) is 17.8 Å². The summed E-state index contributed by atoms with van der Waals surface area (Å²) in [7, 11) is 0. The minimum Gasteiger partial charge on any atom is -0.465 e. The largest absolute Gasteiger partial charge is 0.465 e. The first-order valence-corrected chi connectivity index (χ1v) is 7.35. The summed E-state index contributed by atoms with van der Waals surface area (Å²) in [5.74, 6) is -1.12. The van der Waals surface area contributed by atoms with Gasteiger partial charge < -0.3 is 20.1 Å². The monoisotopic (exact) mass is 298 g/mol. The quantitative estimate of drug-likeness (QED) is 0.534. The van der Waals surface area contributed by atoms with Gasteiger partial charge in [-0.05, 0) is 19.3 Å². The molecular formula is C15H22O6.